The normalized spacial score (nSPS) is 14.2. The van der Waals surface area contributed by atoms with Crippen LogP contribution >= 0.6 is 0 Å². The summed E-state index contributed by atoms with van der Waals surface area (Å²) in [6, 6.07) is 6.47. The monoisotopic (exact) mass is 323 g/mol. The molecule has 1 N–H and O–H groups in total. The quantitative estimate of drug-likeness (QED) is 0.678. The van der Waals surface area contributed by atoms with Crippen molar-refractivity contribution in [2.45, 2.75) is 46.3 Å². The van der Waals surface area contributed by atoms with Crippen LogP contribution < -0.4 is 5.32 Å². The Balaban J connectivity index is 0.00000127. The summed E-state index contributed by atoms with van der Waals surface area (Å²) in [7, 11) is 0. The molecule has 1 aliphatic heterocycles. The summed E-state index contributed by atoms with van der Waals surface area (Å²) in [5, 5.41) is 14.0. The lowest BCUT2D eigenvalue weighted by atomic mass is 10.1. The van der Waals surface area contributed by atoms with Gasteiger partial charge in [0, 0.05) is 19.2 Å². The van der Waals surface area contributed by atoms with E-state index in [1.807, 2.05) is 34.6 Å². The standard InChI is InChI=1S/C14H19N3O4.C2H6/c1-14(2,3)21-13(18)16-8-10(9-16)15-11-6-4-5-7-12(11)17(19)20;1-2/h4-7,10,15H,8-9H2,1-3H3;1-2H3. The molecule has 0 spiro atoms. The van der Waals surface area contributed by atoms with Crippen molar-refractivity contribution in [3.63, 3.8) is 0 Å². The first-order chi connectivity index (χ1) is 10.8. The third-order valence-corrected chi connectivity index (χ3v) is 2.99. The van der Waals surface area contributed by atoms with Crippen LogP contribution in [0.25, 0.3) is 0 Å². The molecule has 1 saturated heterocycles. The lowest BCUT2D eigenvalue weighted by Crippen LogP contribution is -2.57. The van der Waals surface area contributed by atoms with Crippen molar-refractivity contribution in [1.29, 1.82) is 0 Å². The first-order valence-corrected chi connectivity index (χ1v) is 7.74. The largest absolute Gasteiger partial charge is 0.444 e. The number of nitro groups is 1. The van der Waals surface area contributed by atoms with Gasteiger partial charge in [0.15, 0.2) is 0 Å². The number of carbonyl (C=O) groups excluding carboxylic acids is 1. The molecule has 0 radical (unpaired) electrons. The molecule has 0 aliphatic carbocycles. The van der Waals surface area contributed by atoms with Crippen LogP contribution in [0.5, 0.6) is 0 Å². The predicted octanol–water partition coefficient (Wildman–Crippen LogP) is 3.65. The summed E-state index contributed by atoms with van der Waals surface area (Å²) in [5.74, 6) is 0. The third kappa shape index (κ3) is 5.43. The van der Waals surface area contributed by atoms with Crippen molar-refractivity contribution in [2.75, 3.05) is 18.4 Å². The van der Waals surface area contributed by atoms with E-state index in [1.54, 1.807) is 23.1 Å². The van der Waals surface area contributed by atoms with E-state index in [2.05, 4.69) is 5.32 Å². The van der Waals surface area contributed by atoms with Gasteiger partial charge in [-0.2, -0.15) is 0 Å². The molecule has 7 nitrogen and oxygen atoms in total. The first-order valence-electron chi connectivity index (χ1n) is 7.74. The number of rotatable bonds is 3. The molecule has 2 rings (SSSR count). The van der Waals surface area contributed by atoms with E-state index in [9.17, 15) is 14.9 Å². The molecule has 1 aromatic carbocycles. The second-order valence-corrected chi connectivity index (χ2v) is 6.00. The Morgan fingerprint density at radius 3 is 2.39 bits per heavy atom. The van der Waals surface area contributed by atoms with Gasteiger partial charge in [0.2, 0.25) is 0 Å². The van der Waals surface area contributed by atoms with Crippen LogP contribution in [-0.2, 0) is 4.74 Å². The first kappa shape index (κ1) is 18.7. The van der Waals surface area contributed by atoms with Crippen LogP contribution in [0.4, 0.5) is 16.2 Å². The highest BCUT2D eigenvalue weighted by Crippen LogP contribution is 2.26. The number of nitro benzene ring substituents is 1. The van der Waals surface area contributed by atoms with E-state index in [1.165, 1.54) is 6.07 Å². The van der Waals surface area contributed by atoms with Crippen molar-refractivity contribution in [1.82, 2.24) is 4.90 Å². The van der Waals surface area contributed by atoms with E-state index in [0.717, 1.165) is 0 Å². The van der Waals surface area contributed by atoms with Crippen LogP contribution in [-0.4, -0.2) is 40.6 Å². The number of nitrogens with zero attached hydrogens (tertiary/aromatic N) is 2. The number of para-hydroxylation sites is 2. The zero-order chi connectivity index (χ0) is 17.6. The lowest BCUT2D eigenvalue weighted by Gasteiger charge is -2.40. The minimum Gasteiger partial charge on any atom is -0.444 e. The van der Waals surface area contributed by atoms with Crippen LogP contribution in [0.15, 0.2) is 24.3 Å². The number of amides is 1. The van der Waals surface area contributed by atoms with E-state index in [4.69, 9.17) is 4.74 Å². The summed E-state index contributed by atoms with van der Waals surface area (Å²) in [6.07, 6.45) is -0.358. The molecule has 0 aromatic heterocycles. The molecule has 128 valence electrons. The minimum atomic E-state index is -0.520. The fraction of sp³-hybridized carbons (Fsp3) is 0.562. The Morgan fingerprint density at radius 2 is 1.87 bits per heavy atom. The topological polar surface area (TPSA) is 84.7 Å². The van der Waals surface area contributed by atoms with Crippen molar-refractivity contribution < 1.29 is 14.5 Å². The zero-order valence-electron chi connectivity index (χ0n) is 14.3. The second-order valence-electron chi connectivity index (χ2n) is 6.00. The highest BCUT2D eigenvalue weighted by atomic mass is 16.6. The van der Waals surface area contributed by atoms with Gasteiger partial charge in [0.05, 0.1) is 11.0 Å². The lowest BCUT2D eigenvalue weighted by molar-refractivity contribution is -0.384. The Hall–Kier alpha value is -2.31. The Labute approximate surface area is 136 Å². The molecule has 7 heteroatoms. The van der Waals surface area contributed by atoms with Gasteiger partial charge >= 0.3 is 6.09 Å². The molecular weight excluding hydrogens is 298 g/mol. The van der Waals surface area contributed by atoms with Gasteiger partial charge in [-0.3, -0.25) is 10.1 Å². The number of hydrogen-bond donors (Lipinski definition) is 1. The maximum absolute atomic E-state index is 11.8. The van der Waals surface area contributed by atoms with Crippen LogP contribution in [0.1, 0.15) is 34.6 Å². The Morgan fingerprint density at radius 1 is 1.30 bits per heavy atom. The average molecular weight is 323 g/mol. The van der Waals surface area contributed by atoms with Crippen LogP contribution in [0, 0.1) is 10.1 Å². The smallest absolute Gasteiger partial charge is 0.410 e. The fourth-order valence-corrected chi connectivity index (χ4v) is 2.02. The molecule has 0 bridgehead atoms. The fourth-order valence-electron chi connectivity index (χ4n) is 2.02. The van der Waals surface area contributed by atoms with Crippen molar-refractivity contribution in [3.8, 4) is 0 Å². The van der Waals surface area contributed by atoms with E-state index >= 15 is 0 Å². The molecule has 23 heavy (non-hydrogen) atoms. The van der Waals surface area contributed by atoms with Crippen LogP contribution in [0.2, 0.25) is 0 Å². The summed E-state index contributed by atoms with van der Waals surface area (Å²) in [4.78, 5) is 23.8. The number of carbonyl (C=O) groups is 1. The predicted molar refractivity (Wildman–Crippen MR) is 89.7 cm³/mol. The summed E-state index contributed by atoms with van der Waals surface area (Å²) in [5.41, 5.74) is -0.0158. The summed E-state index contributed by atoms with van der Waals surface area (Å²) in [6.45, 7) is 10.4. The van der Waals surface area contributed by atoms with Gasteiger partial charge in [0.25, 0.3) is 5.69 Å². The summed E-state index contributed by atoms with van der Waals surface area (Å²) < 4.78 is 5.25. The SMILES string of the molecule is CC.CC(C)(C)OC(=O)N1CC(Nc2ccccc2[N+](=O)[O-])C1. The van der Waals surface area contributed by atoms with Gasteiger partial charge in [-0.05, 0) is 26.8 Å². The van der Waals surface area contributed by atoms with E-state index in [-0.39, 0.29) is 17.8 Å². The number of ether oxygens (including phenoxy) is 1. The third-order valence-electron chi connectivity index (χ3n) is 2.99. The number of anilines is 1. The molecule has 1 aromatic rings. The minimum absolute atomic E-state index is 0.00128. The number of likely N-dealkylation sites (tertiary alicyclic amines) is 1. The average Bonchev–Trinajstić information content (AvgIpc) is 2.42. The molecule has 1 amide bonds. The Bertz CT molecular complexity index is 549. The van der Waals surface area contributed by atoms with Crippen molar-refractivity contribution >= 4 is 17.5 Å². The number of hydrogen-bond acceptors (Lipinski definition) is 5. The molecule has 0 unspecified atom stereocenters. The van der Waals surface area contributed by atoms with Gasteiger partial charge in [-0.1, -0.05) is 26.0 Å². The molecule has 1 aliphatic rings. The molecule has 1 heterocycles. The van der Waals surface area contributed by atoms with E-state index in [0.29, 0.717) is 18.8 Å². The van der Waals surface area contributed by atoms with Crippen LogP contribution in [0.3, 0.4) is 0 Å². The van der Waals surface area contributed by atoms with Crippen molar-refractivity contribution in [2.24, 2.45) is 0 Å². The number of benzene rings is 1. The molecule has 1 fully saturated rings. The maximum atomic E-state index is 11.8. The molecular formula is C16H25N3O4. The zero-order valence-corrected chi connectivity index (χ0v) is 14.3. The highest BCUT2D eigenvalue weighted by molar-refractivity contribution is 5.70. The van der Waals surface area contributed by atoms with Gasteiger partial charge < -0.3 is 15.0 Å². The second kappa shape index (κ2) is 7.80. The Kier molecular flexibility index (Phi) is 6.36. The highest BCUT2D eigenvalue weighted by Gasteiger charge is 2.34. The van der Waals surface area contributed by atoms with Gasteiger partial charge in [-0.15, -0.1) is 0 Å². The van der Waals surface area contributed by atoms with Crippen molar-refractivity contribution in [3.05, 3.63) is 34.4 Å². The summed E-state index contributed by atoms with van der Waals surface area (Å²) >= 11 is 0. The number of nitrogens with one attached hydrogen (secondary N) is 1. The maximum Gasteiger partial charge on any atom is 0.410 e. The van der Waals surface area contributed by atoms with E-state index < -0.39 is 10.5 Å². The van der Waals surface area contributed by atoms with Gasteiger partial charge in [-0.25, -0.2) is 4.79 Å². The molecule has 0 atom stereocenters. The molecule has 0 saturated carbocycles. The van der Waals surface area contributed by atoms with Gasteiger partial charge in [0.1, 0.15) is 11.3 Å².